The van der Waals surface area contributed by atoms with Crippen LogP contribution in [0.3, 0.4) is 0 Å². The van der Waals surface area contributed by atoms with Gasteiger partial charge in [-0.15, -0.1) is 0 Å². The molecule has 2 nitrogen and oxygen atoms in total. The summed E-state index contributed by atoms with van der Waals surface area (Å²) in [5.74, 6) is 0.788. The molecule has 1 rings (SSSR count). The Labute approximate surface area is 99.4 Å². The molecule has 0 spiro atoms. The van der Waals surface area contributed by atoms with E-state index in [1.807, 2.05) is 25.1 Å². The SMILES string of the molecule is Cc1ccc(OCCCBr)c(C(C)O)c1. The summed E-state index contributed by atoms with van der Waals surface area (Å²) < 4.78 is 5.60. The largest absolute Gasteiger partial charge is 0.493 e. The first-order valence-corrected chi connectivity index (χ1v) is 6.24. The van der Waals surface area contributed by atoms with Gasteiger partial charge in [-0.25, -0.2) is 0 Å². The molecule has 0 aliphatic heterocycles. The molecule has 0 heterocycles. The highest BCUT2D eigenvalue weighted by atomic mass is 79.9. The van der Waals surface area contributed by atoms with E-state index in [0.717, 1.165) is 28.6 Å². The Kier molecular flexibility index (Phi) is 5.12. The Balaban J connectivity index is 2.77. The number of aryl methyl sites for hydroxylation is 1. The van der Waals surface area contributed by atoms with Gasteiger partial charge in [0.1, 0.15) is 5.75 Å². The highest BCUT2D eigenvalue weighted by Gasteiger charge is 2.08. The van der Waals surface area contributed by atoms with E-state index in [-0.39, 0.29) is 0 Å². The van der Waals surface area contributed by atoms with Crippen molar-refractivity contribution in [2.45, 2.75) is 26.4 Å². The number of benzene rings is 1. The molecule has 0 aliphatic rings. The predicted octanol–water partition coefficient (Wildman–Crippen LogP) is 3.21. The van der Waals surface area contributed by atoms with E-state index in [1.165, 1.54) is 0 Å². The first-order valence-electron chi connectivity index (χ1n) is 5.12. The zero-order valence-corrected chi connectivity index (χ0v) is 10.8. The molecule has 0 aliphatic carbocycles. The van der Waals surface area contributed by atoms with Crippen molar-refractivity contribution >= 4 is 15.9 Å². The molecule has 15 heavy (non-hydrogen) atoms. The smallest absolute Gasteiger partial charge is 0.125 e. The monoisotopic (exact) mass is 272 g/mol. The molecule has 0 bridgehead atoms. The van der Waals surface area contributed by atoms with Gasteiger partial charge in [0, 0.05) is 10.9 Å². The van der Waals surface area contributed by atoms with Crippen LogP contribution in [0, 0.1) is 6.92 Å². The number of hydrogen-bond donors (Lipinski definition) is 1. The topological polar surface area (TPSA) is 29.5 Å². The van der Waals surface area contributed by atoms with Crippen LogP contribution in [0.15, 0.2) is 18.2 Å². The van der Waals surface area contributed by atoms with Crippen LogP contribution in [0.2, 0.25) is 0 Å². The molecule has 1 aromatic rings. The summed E-state index contributed by atoms with van der Waals surface area (Å²) in [6.45, 7) is 4.44. The third-order valence-corrected chi connectivity index (χ3v) is 2.71. The van der Waals surface area contributed by atoms with Crippen molar-refractivity contribution in [1.82, 2.24) is 0 Å². The number of aliphatic hydroxyl groups is 1. The quantitative estimate of drug-likeness (QED) is 0.659. The fraction of sp³-hybridized carbons (Fsp3) is 0.500. The summed E-state index contributed by atoms with van der Waals surface area (Å²) in [7, 11) is 0. The van der Waals surface area contributed by atoms with E-state index in [1.54, 1.807) is 6.92 Å². The normalized spacial score (nSPS) is 12.5. The van der Waals surface area contributed by atoms with Crippen molar-refractivity contribution in [3.05, 3.63) is 29.3 Å². The third-order valence-electron chi connectivity index (χ3n) is 2.15. The summed E-state index contributed by atoms with van der Waals surface area (Å²) in [4.78, 5) is 0. The zero-order chi connectivity index (χ0) is 11.3. The lowest BCUT2D eigenvalue weighted by Gasteiger charge is -2.13. The average molecular weight is 273 g/mol. The second kappa shape index (κ2) is 6.13. The summed E-state index contributed by atoms with van der Waals surface area (Å²) in [6, 6.07) is 5.88. The summed E-state index contributed by atoms with van der Waals surface area (Å²) >= 11 is 3.35. The minimum Gasteiger partial charge on any atom is -0.493 e. The van der Waals surface area contributed by atoms with Crippen LogP contribution in [0.4, 0.5) is 0 Å². The van der Waals surface area contributed by atoms with E-state index in [2.05, 4.69) is 15.9 Å². The average Bonchev–Trinajstić information content (AvgIpc) is 2.20. The lowest BCUT2D eigenvalue weighted by atomic mass is 10.1. The van der Waals surface area contributed by atoms with E-state index in [9.17, 15) is 5.11 Å². The fourth-order valence-corrected chi connectivity index (χ4v) is 1.59. The molecular weight excluding hydrogens is 256 g/mol. The van der Waals surface area contributed by atoms with Gasteiger partial charge in [0.15, 0.2) is 0 Å². The highest BCUT2D eigenvalue weighted by molar-refractivity contribution is 9.09. The summed E-state index contributed by atoms with van der Waals surface area (Å²) in [6.07, 6.45) is 0.483. The van der Waals surface area contributed by atoms with Crippen LogP contribution in [-0.4, -0.2) is 17.0 Å². The molecule has 0 amide bonds. The van der Waals surface area contributed by atoms with Crippen molar-refractivity contribution in [2.75, 3.05) is 11.9 Å². The lowest BCUT2D eigenvalue weighted by Crippen LogP contribution is -2.03. The molecule has 0 fully saturated rings. The van der Waals surface area contributed by atoms with Crippen LogP contribution >= 0.6 is 15.9 Å². The first kappa shape index (κ1) is 12.5. The Morgan fingerprint density at radius 2 is 2.20 bits per heavy atom. The maximum atomic E-state index is 9.60. The van der Waals surface area contributed by atoms with E-state index >= 15 is 0 Å². The molecule has 0 saturated heterocycles. The van der Waals surface area contributed by atoms with Crippen molar-refractivity contribution in [3.63, 3.8) is 0 Å². The molecule has 84 valence electrons. The molecule has 1 aromatic carbocycles. The van der Waals surface area contributed by atoms with Gasteiger partial charge in [0.2, 0.25) is 0 Å². The Hall–Kier alpha value is -0.540. The number of rotatable bonds is 5. The van der Waals surface area contributed by atoms with E-state index in [0.29, 0.717) is 6.61 Å². The minimum atomic E-state index is -0.483. The van der Waals surface area contributed by atoms with Gasteiger partial charge in [-0.05, 0) is 32.4 Å². The maximum absolute atomic E-state index is 9.60. The highest BCUT2D eigenvalue weighted by Crippen LogP contribution is 2.26. The van der Waals surface area contributed by atoms with Crippen molar-refractivity contribution in [3.8, 4) is 5.75 Å². The predicted molar refractivity (Wildman–Crippen MR) is 65.7 cm³/mol. The summed E-state index contributed by atoms with van der Waals surface area (Å²) in [5, 5.41) is 10.5. The van der Waals surface area contributed by atoms with E-state index < -0.39 is 6.10 Å². The minimum absolute atomic E-state index is 0.483. The van der Waals surface area contributed by atoms with Crippen LogP contribution in [0.5, 0.6) is 5.75 Å². The van der Waals surface area contributed by atoms with Gasteiger partial charge in [-0.3, -0.25) is 0 Å². The molecule has 0 aromatic heterocycles. The number of halogens is 1. The number of alkyl halides is 1. The number of hydrogen-bond acceptors (Lipinski definition) is 2. The standard InChI is InChI=1S/C12H17BrO2/c1-9-4-5-12(15-7-3-6-13)11(8-9)10(2)14/h4-5,8,10,14H,3,6-7H2,1-2H3. The number of aliphatic hydroxyl groups excluding tert-OH is 1. The van der Waals surface area contributed by atoms with Crippen molar-refractivity contribution in [1.29, 1.82) is 0 Å². The van der Waals surface area contributed by atoms with Gasteiger partial charge in [-0.2, -0.15) is 0 Å². The maximum Gasteiger partial charge on any atom is 0.125 e. The summed E-state index contributed by atoms with van der Waals surface area (Å²) in [5.41, 5.74) is 2.00. The van der Waals surface area contributed by atoms with Gasteiger partial charge in [-0.1, -0.05) is 27.6 Å². The van der Waals surface area contributed by atoms with Crippen LogP contribution in [0.25, 0.3) is 0 Å². The van der Waals surface area contributed by atoms with Gasteiger partial charge in [0.05, 0.1) is 12.7 Å². The molecule has 1 atom stereocenters. The second-order valence-corrected chi connectivity index (χ2v) is 4.40. The molecule has 0 radical (unpaired) electrons. The zero-order valence-electron chi connectivity index (χ0n) is 9.16. The van der Waals surface area contributed by atoms with Gasteiger partial charge >= 0.3 is 0 Å². The van der Waals surface area contributed by atoms with Crippen molar-refractivity contribution < 1.29 is 9.84 Å². The lowest BCUT2D eigenvalue weighted by molar-refractivity contribution is 0.191. The van der Waals surface area contributed by atoms with Crippen LogP contribution in [-0.2, 0) is 0 Å². The van der Waals surface area contributed by atoms with Crippen LogP contribution < -0.4 is 4.74 Å². The van der Waals surface area contributed by atoms with E-state index in [4.69, 9.17) is 4.74 Å². The Morgan fingerprint density at radius 3 is 2.80 bits per heavy atom. The second-order valence-electron chi connectivity index (χ2n) is 3.61. The Bertz CT molecular complexity index is 310. The van der Waals surface area contributed by atoms with Crippen LogP contribution in [0.1, 0.15) is 30.6 Å². The van der Waals surface area contributed by atoms with Gasteiger partial charge < -0.3 is 9.84 Å². The fourth-order valence-electron chi connectivity index (χ4n) is 1.36. The number of ether oxygens (including phenoxy) is 1. The molecule has 0 saturated carbocycles. The molecule has 3 heteroatoms. The van der Waals surface area contributed by atoms with Gasteiger partial charge in [0.25, 0.3) is 0 Å². The molecule has 1 N–H and O–H groups in total. The van der Waals surface area contributed by atoms with Crippen molar-refractivity contribution in [2.24, 2.45) is 0 Å². The first-order chi connectivity index (χ1) is 7.15. The molecular formula is C12H17BrO2. The Morgan fingerprint density at radius 1 is 1.47 bits per heavy atom. The third kappa shape index (κ3) is 3.84. The molecule has 1 unspecified atom stereocenters.